The monoisotopic (exact) mass is 283 g/mol. The van der Waals surface area contributed by atoms with E-state index in [1.54, 1.807) is 12.1 Å². The summed E-state index contributed by atoms with van der Waals surface area (Å²) >= 11 is 0. The lowest BCUT2D eigenvalue weighted by Crippen LogP contribution is -2.06. The molecule has 0 aliphatic carbocycles. The predicted octanol–water partition coefficient (Wildman–Crippen LogP) is 4.30. The van der Waals surface area contributed by atoms with Crippen molar-refractivity contribution in [2.45, 2.75) is 19.8 Å². The zero-order chi connectivity index (χ0) is 15.9. The Kier molecular flexibility index (Phi) is 10.9. The van der Waals surface area contributed by atoms with E-state index in [0.29, 0.717) is 12.2 Å². The Morgan fingerprint density at radius 1 is 1.38 bits per heavy atom. The van der Waals surface area contributed by atoms with Crippen LogP contribution < -0.4 is 0 Å². The van der Waals surface area contributed by atoms with Gasteiger partial charge in [-0.3, -0.25) is 0 Å². The molecule has 0 spiro atoms. The molecule has 0 radical (unpaired) electrons. The fourth-order valence-corrected chi connectivity index (χ4v) is 1.23. The Morgan fingerprint density at radius 2 is 2.00 bits per heavy atom. The molecule has 0 amide bonds. The summed E-state index contributed by atoms with van der Waals surface area (Å²) in [5.41, 5.74) is 1.42. The van der Waals surface area contributed by atoms with Gasteiger partial charge in [0.25, 0.3) is 0 Å². The molecule has 3 heteroatoms. The molecule has 1 aromatic rings. The Morgan fingerprint density at radius 3 is 2.52 bits per heavy atom. The molecule has 110 valence electrons. The number of esters is 1. The van der Waals surface area contributed by atoms with Gasteiger partial charge in [-0.05, 0) is 18.1 Å². The van der Waals surface area contributed by atoms with Crippen LogP contribution in [0.2, 0.25) is 0 Å². The summed E-state index contributed by atoms with van der Waals surface area (Å²) in [5.74, 6) is -0.342. The first kappa shape index (κ1) is 18.4. The summed E-state index contributed by atoms with van der Waals surface area (Å²) in [6.07, 6.45) is 6.62. The molecule has 0 atom stereocenters. The number of allylic oxidation sites excluding steroid dienone is 1. The van der Waals surface area contributed by atoms with E-state index in [4.69, 9.17) is 10.00 Å². The molecule has 21 heavy (non-hydrogen) atoms. The second kappa shape index (κ2) is 12.4. The molecule has 0 N–H and O–H groups in total. The van der Waals surface area contributed by atoms with E-state index in [1.807, 2.05) is 36.4 Å². The van der Waals surface area contributed by atoms with Crippen molar-refractivity contribution in [2.24, 2.45) is 0 Å². The Balaban J connectivity index is 0.000000885. The van der Waals surface area contributed by atoms with Crippen LogP contribution in [0.1, 0.15) is 25.3 Å². The number of unbranched alkanes of at least 4 members (excludes halogenated alkanes) is 1. The number of nitriles is 1. The van der Waals surface area contributed by atoms with Gasteiger partial charge in [0.05, 0.1) is 18.2 Å². The first-order chi connectivity index (χ1) is 10.2. The zero-order valence-corrected chi connectivity index (χ0v) is 12.4. The highest BCUT2D eigenvalue weighted by molar-refractivity contribution is 5.92. The minimum atomic E-state index is -0.342. The number of carbonyl (C=O) groups is 1. The molecule has 0 fully saturated rings. The number of hydrogen-bond acceptors (Lipinski definition) is 3. The highest BCUT2D eigenvalue weighted by Gasteiger charge is 2.03. The third kappa shape index (κ3) is 9.92. The van der Waals surface area contributed by atoms with Gasteiger partial charge in [-0.25, -0.2) is 4.79 Å². The zero-order valence-electron chi connectivity index (χ0n) is 12.4. The molecular formula is C18H21NO2. The van der Waals surface area contributed by atoms with Crippen molar-refractivity contribution in [3.05, 3.63) is 66.8 Å². The average Bonchev–Trinajstić information content (AvgIpc) is 2.54. The topological polar surface area (TPSA) is 50.1 Å². The second-order valence-corrected chi connectivity index (χ2v) is 4.09. The fourth-order valence-electron chi connectivity index (χ4n) is 1.23. The lowest BCUT2D eigenvalue weighted by atomic mass is 10.2. The SMILES string of the molecule is C=C(C=Cc1ccccc1)C(=O)OCCCC.C=CC#N. The van der Waals surface area contributed by atoms with Gasteiger partial charge in [-0.1, -0.05) is 62.9 Å². The third-order valence-electron chi connectivity index (χ3n) is 2.36. The largest absolute Gasteiger partial charge is 0.462 e. The molecule has 0 aromatic heterocycles. The Hall–Kier alpha value is -2.60. The molecule has 0 aliphatic heterocycles. The molecule has 1 aromatic carbocycles. The summed E-state index contributed by atoms with van der Waals surface area (Å²) in [4.78, 5) is 11.5. The summed E-state index contributed by atoms with van der Waals surface area (Å²) in [6, 6.07) is 11.5. The second-order valence-electron chi connectivity index (χ2n) is 4.09. The van der Waals surface area contributed by atoms with E-state index < -0.39 is 0 Å². The van der Waals surface area contributed by atoms with Gasteiger partial charge in [-0.15, -0.1) is 0 Å². The summed E-state index contributed by atoms with van der Waals surface area (Å²) in [7, 11) is 0. The van der Waals surface area contributed by atoms with Gasteiger partial charge in [0.2, 0.25) is 0 Å². The molecule has 0 bridgehead atoms. The third-order valence-corrected chi connectivity index (χ3v) is 2.36. The van der Waals surface area contributed by atoms with Crippen molar-refractivity contribution >= 4 is 12.0 Å². The van der Waals surface area contributed by atoms with Crippen LogP contribution in [0.5, 0.6) is 0 Å². The van der Waals surface area contributed by atoms with Crippen molar-refractivity contribution in [3.63, 3.8) is 0 Å². The summed E-state index contributed by atoms with van der Waals surface area (Å²) in [6.45, 7) is 9.32. The molecule has 1 rings (SSSR count). The van der Waals surface area contributed by atoms with E-state index in [2.05, 4.69) is 20.1 Å². The van der Waals surface area contributed by atoms with E-state index in [9.17, 15) is 4.79 Å². The predicted molar refractivity (Wildman–Crippen MR) is 86.3 cm³/mol. The van der Waals surface area contributed by atoms with Crippen molar-refractivity contribution < 1.29 is 9.53 Å². The van der Waals surface area contributed by atoms with Crippen LogP contribution in [0, 0.1) is 11.3 Å². The van der Waals surface area contributed by atoms with E-state index in [0.717, 1.165) is 18.4 Å². The van der Waals surface area contributed by atoms with E-state index >= 15 is 0 Å². The van der Waals surface area contributed by atoms with Crippen LogP contribution >= 0.6 is 0 Å². The first-order valence-electron chi connectivity index (χ1n) is 6.75. The maximum atomic E-state index is 11.5. The lowest BCUT2D eigenvalue weighted by Gasteiger charge is -2.02. The number of carbonyl (C=O) groups excluding carboxylic acids is 1. The molecule has 0 saturated heterocycles. The quantitative estimate of drug-likeness (QED) is 0.257. The number of hydrogen-bond donors (Lipinski definition) is 0. The van der Waals surface area contributed by atoms with Crippen molar-refractivity contribution in [1.29, 1.82) is 5.26 Å². The highest BCUT2D eigenvalue weighted by atomic mass is 16.5. The first-order valence-corrected chi connectivity index (χ1v) is 6.75. The van der Waals surface area contributed by atoms with Gasteiger partial charge in [0.15, 0.2) is 0 Å². The summed E-state index contributed by atoms with van der Waals surface area (Å²) in [5, 5.41) is 7.51. The van der Waals surface area contributed by atoms with Crippen LogP contribution in [0.4, 0.5) is 0 Å². The summed E-state index contributed by atoms with van der Waals surface area (Å²) < 4.78 is 5.04. The molecule has 0 aliphatic rings. The van der Waals surface area contributed by atoms with Gasteiger partial charge < -0.3 is 4.74 Å². The van der Waals surface area contributed by atoms with Gasteiger partial charge in [-0.2, -0.15) is 5.26 Å². The number of benzene rings is 1. The average molecular weight is 283 g/mol. The fraction of sp³-hybridized carbons (Fsp3) is 0.222. The maximum absolute atomic E-state index is 11.5. The Labute approximate surface area is 126 Å². The van der Waals surface area contributed by atoms with Crippen LogP contribution in [0.25, 0.3) is 6.08 Å². The maximum Gasteiger partial charge on any atom is 0.337 e. The standard InChI is InChI=1S/C15H18O2.C3H3N/c1-3-4-12-17-15(16)13(2)10-11-14-8-6-5-7-9-14;1-2-3-4/h5-11H,2-4,12H2,1H3;2H,1H2. The van der Waals surface area contributed by atoms with Gasteiger partial charge in [0, 0.05) is 6.08 Å². The van der Waals surface area contributed by atoms with E-state index in [1.165, 1.54) is 6.08 Å². The van der Waals surface area contributed by atoms with Crippen LogP contribution in [-0.2, 0) is 9.53 Å². The highest BCUT2D eigenvalue weighted by Crippen LogP contribution is 2.05. The van der Waals surface area contributed by atoms with Crippen LogP contribution in [0.15, 0.2) is 61.2 Å². The number of rotatable bonds is 6. The Bertz CT molecular complexity index is 510. The normalized spacial score (nSPS) is 9.14. The molecule has 0 heterocycles. The number of nitrogens with zero attached hydrogens (tertiary/aromatic N) is 1. The van der Waals surface area contributed by atoms with Gasteiger partial charge >= 0.3 is 5.97 Å². The van der Waals surface area contributed by atoms with Crippen LogP contribution in [-0.4, -0.2) is 12.6 Å². The molecule has 0 saturated carbocycles. The smallest absolute Gasteiger partial charge is 0.337 e. The molecule has 0 unspecified atom stereocenters. The number of ether oxygens (including phenoxy) is 1. The lowest BCUT2D eigenvalue weighted by molar-refractivity contribution is -0.138. The van der Waals surface area contributed by atoms with Gasteiger partial charge in [0.1, 0.15) is 0 Å². The van der Waals surface area contributed by atoms with Crippen molar-refractivity contribution in [1.82, 2.24) is 0 Å². The molecular weight excluding hydrogens is 262 g/mol. The van der Waals surface area contributed by atoms with Crippen molar-refractivity contribution in [2.75, 3.05) is 6.61 Å². The minimum absolute atomic E-state index is 0.342. The minimum Gasteiger partial charge on any atom is -0.462 e. The molecule has 3 nitrogen and oxygen atoms in total. The van der Waals surface area contributed by atoms with E-state index in [-0.39, 0.29) is 5.97 Å². The van der Waals surface area contributed by atoms with Crippen molar-refractivity contribution in [3.8, 4) is 6.07 Å². The van der Waals surface area contributed by atoms with Crippen LogP contribution in [0.3, 0.4) is 0 Å².